The third kappa shape index (κ3) is 4.88. The van der Waals surface area contributed by atoms with Crippen LogP contribution in [0.4, 0.5) is 5.95 Å². The number of hydrogen-bond donors (Lipinski definition) is 2. The van der Waals surface area contributed by atoms with Gasteiger partial charge in [-0.05, 0) is 25.2 Å². The summed E-state index contributed by atoms with van der Waals surface area (Å²) in [5.41, 5.74) is 1.10. The Labute approximate surface area is 144 Å². The van der Waals surface area contributed by atoms with Crippen LogP contribution in [0.1, 0.15) is 44.1 Å². The maximum absolute atomic E-state index is 9.36. The number of hydrogen-bond acceptors (Lipinski definition) is 6. The van der Waals surface area contributed by atoms with Gasteiger partial charge in [-0.3, -0.25) is 0 Å². The number of anilines is 1. The molecule has 1 aromatic heterocycles. The van der Waals surface area contributed by atoms with Crippen LogP contribution in [-0.2, 0) is 11.3 Å². The van der Waals surface area contributed by atoms with E-state index in [9.17, 15) is 5.11 Å². The molecule has 3 rings (SSSR count). The molecule has 1 aromatic rings. The van der Waals surface area contributed by atoms with Crippen LogP contribution in [-0.4, -0.2) is 54.0 Å². The molecule has 0 bridgehead atoms. The zero-order valence-corrected chi connectivity index (χ0v) is 14.5. The number of nitrogens with one attached hydrogen (secondary N) is 1. The van der Waals surface area contributed by atoms with Crippen LogP contribution in [0.5, 0.6) is 0 Å². The first kappa shape index (κ1) is 17.6. The molecule has 1 atom stereocenters. The number of nitrogens with zero attached hydrogens (tertiary/aromatic N) is 3. The van der Waals surface area contributed by atoms with Gasteiger partial charge in [0.2, 0.25) is 5.95 Å². The molecule has 24 heavy (non-hydrogen) atoms. The summed E-state index contributed by atoms with van der Waals surface area (Å²) in [4.78, 5) is 11.2. The lowest BCUT2D eigenvalue weighted by Gasteiger charge is -2.31. The molecule has 6 heteroatoms. The third-order valence-electron chi connectivity index (χ3n) is 5.21. The van der Waals surface area contributed by atoms with E-state index in [4.69, 9.17) is 4.74 Å². The summed E-state index contributed by atoms with van der Waals surface area (Å²) in [7, 11) is 0. The fourth-order valence-electron chi connectivity index (χ4n) is 3.79. The highest BCUT2D eigenvalue weighted by Crippen LogP contribution is 2.27. The Bertz CT molecular complexity index is 470. The monoisotopic (exact) mass is 334 g/mol. The van der Waals surface area contributed by atoms with E-state index < -0.39 is 0 Å². The predicted molar refractivity (Wildman–Crippen MR) is 94.0 cm³/mol. The molecule has 1 unspecified atom stereocenters. The summed E-state index contributed by atoms with van der Waals surface area (Å²) in [6.45, 7) is 4.23. The molecule has 2 heterocycles. The Morgan fingerprint density at radius 1 is 1.17 bits per heavy atom. The van der Waals surface area contributed by atoms with Gasteiger partial charge in [0.25, 0.3) is 0 Å². The van der Waals surface area contributed by atoms with E-state index in [1.807, 2.05) is 12.4 Å². The molecule has 1 saturated heterocycles. The minimum Gasteiger partial charge on any atom is -0.396 e. The zero-order valence-electron chi connectivity index (χ0n) is 14.5. The molecule has 0 amide bonds. The van der Waals surface area contributed by atoms with Crippen molar-refractivity contribution < 1.29 is 9.84 Å². The van der Waals surface area contributed by atoms with Crippen LogP contribution < -0.4 is 10.2 Å². The third-order valence-corrected chi connectivity index (χ3v) is 5.21. The first-order chi connectivity index (χ1) is 11.9. The molecule has 2 aliphatic rings. The minimum atomic E-state index is 0.251. The van der Waals surface area contributed by atoms with E-state index in [-0.39, 0.29) is 6.61 Å². The molecule has 1 saturated carbocycles. The van der Waals surface area contributed by atoms with E-state index in [0.29, 0.717) is 12.0 Å². The summed E-state index contributed by atoms with van der Waals surface area (Å²) in [6, 6.07) is 0.397. The topological polar surface area (TPSA) is 70.5 Å². The van der Waals surface area contributed by atoms with Crippen LogP contribution >= 0.6 is 0 Å². The summed E-state index contributed by atoms with van der Waals surface area (Å²) in [6.07, 6.45) is 11.2. The highest BCUT2D eigenvalue weighted by molar-refractivity contribution is 5.30. The van der Waals surface area contributed by atoms with Crippen molar-refractivity contribution in [3.8, 4) is 0 Å². The number of rotatable bonds is 7. The molecule has 1 aliphatic heterocycles. The lowest BCUT2D eigenvalue weighted by Crippen LogP contribution is -2.38. The van der Waals surface area contributed by atoms with Crippen LogP contribution in [0, 0.1) is 5.92 Å². The Morgan fingerprint density at radius 3 is 2.54 bits per heavy atom. The van der Waals surface area contributed by atoms with E-state index in [1.54, 1.807) is 0 Å². The normalized spacial score (nSPS) is 21.0. The Hall–Kier alpha value is -1.24. The van der Waals surface area contributed by atoms with Crippen molar-refractivity contribution in [1.82, 2.24) is 15.3 Å². The minimum absolute atomic E-state index is 0.251. The largest absolute Gasteiger partial charge is 0.396 e. The molecule has 2 fully saturated rings. The lowest BCUT2D eigenvalue weighted by atomic mass is 9.82. The number of aliphatic hydroxyl groups is 1. The second-order valence-electron chi connectivity index (χ2n) is 6.89. The van der Waals surface area contributed by atoms with Gasteiger partial charge in [-0.1, -0.05) is 19.3 Å². The second kappa shape index (κ2) is 9.30. The van der Waals surface area contributed by atoms with Crippen molar-refractivity contribution in [2.24, 2.45) is 5.92 Å². The first-order valence-electron chi connectivity index (χ1n) is 9.34. The number of morpholine rings is 1. The van der Waals surface area contributed by atoms with Gasteiger partial charge in [0.15, 0.2) is 0 Å². The van der Waals surface area contributed by atoms with Gasteiger partial charge in [-0.25, -0.2) is 9.97 Å². The molecule has 0 radical (unpaired) electrons. The number of ether oxygens (including phenoxy) is 1. The van der Waals surface area contributed by atoms with Gasteiger partial charge in [-0.2, -0.15) is 0 Å². The van der Waals surface area contributed by atoms with Gasteiger partial charge >= 0.3 is 0 Å². The van der Waals surface area contributed by atoms with Crippen molar-refractivity contribution in [2.75, 3.05) is 37.8 Å². The van der Waals surface area contributed by atoms with Gasteiger partial charge in [0.05, 0.1) is 13.2 Å². The lowest BCUT2D eigenvalue weighted by molar-refractivity contribution is 0.122. The van der Waals surface area contributed by atoms with E-state index in [2.05, 4.69) is 20.2 Å². The van der Waals surface area contributed by atoms with E-state index in [0.717, 1.165) is 50.8 Å². The standard InChI is InChI=1S/C18H30N4O2/c23-9-6-17(16-4-2-1-3-5-16)19-12-15-13-20-18(21-14-15)22-7-10-24-11-8-22/h13-14,16-17,19,23H,1-12H2. The molecule has 2 N–H and O–H groups in total. The highest BCUT2D eigenvalue weighted by atomic mass is 16.5. The van der Waals surface area contributed by atoms with Crippen molar-refractivity contribution >= 4 is 5.95 Å². The van der Waals surface area contributed by atoms with Crippen LogP contribution in [0.3, 0.4) is 0 Å². The molecular weight excluding hydrogens is 304 g/mol. The summed E-state index contributed by atoms with van der Waals surface area (Å²) in [5, 5.41) is 13.0. The summed E-state index contributed by atoms with van der Waals surface area (Å²) >= 11 is 0. The summed E-state index contributed by atoms with van der Waals surface area (Å²) in [5.74, 6) is 1.49. The Kier molecular flexibility index (Phi) is 6.81. The van der Waals surface area contributed by atoms with Crippen molar-refractivity contribution in [1.29, 1.82) is 0 Å². The molecule has 0 spiro atoms. The SMILES string of the molecule is OCCC(NCc1cnc(N2CCOCC2)nc1)C1CCCCC1. The maximum Gasteiger partial charge on any atom is 0.225 e. The van der Waals surface area contributed by atoms with Crippen LogP contribution in [0.15, 0.2) is 12.4 Å². The fourth-order valence-corrected chi connectivity index (χ4v) is 3.79. The molecule has 1 aliphatic carbocycles. The zero-order chi connectivity index (χ0) is 16.6. The van der Waals surface area contributed by atoms with Gasteiger partial charge in [-0.15, -0.1) is 0 Å². The predicted octanol–water partition coefficient (Wildman–Crippen LogP) is 1.73. The van der Waals surface area contributed by atoms with Crippen LogP contribution in [0.25, 0.3) is 0 Å². The van der Waals surface area contributed by atoms with Gasteiger partial charge < -0.3 is 20.1 Å². The maximum atomic E-state index is 9.36. The Balaban J connectivity index is 1.52. The second-order valence-corrected chi connectivity index (χ2v) is 6.89. The molecule has 0 aromatic carbocycles. The molecular formula is C18H30N4O2. The smallest absolute Gasteiger partial charge is 0.225 e. The highest BCUT2D eigenvalue weighted by Gasteiger charge is 2.23. The van der Waals surface area contributed by atoms with E-state index in [1.165, 1.54) is 32.1 Å². The quantitative estimate of drug-likeness (QED) is 0.791. The fraction of sp³-hybridized carbons (Fsp3) is 0.778. The van der Waals surface area contributed by atoms with Gasteiger partial charge in [0, 0.05) is 50.2 Å². The van der Waals surface area contributed by atoms with E-state index >= 15 is 0 Å². The molecule has 6 nitrogen and oxygen atoms in total. The van der Waals surface area contributed by atoms with Crippen LogP contribution in [0.2, 0.25) is 0 Å². The first-order valence-corrected chi connectivity index (χ1v) is 9.34. The van der Waals surface area contributed by atoms with Gasteiger partial charge in [0.1, 0.15) is 0 Å². The Morgan fingerprint density at radius 2 is 1.88 bits per heavy atom. The number of aliphatic hydroxyl groups excluding tert-OH is 1. The number of aromatic nitrogens is 2. The summed E-state index contributed by atoms with van der Waals surface area (Å²) < 4.78 is 5.36. The average molecular weight is 334 g/mol. The average Bonchev–Trinajstić information content (AvgIpc) is 2.67. The van der Waals surface area contributed by atoms with Crippen molar-refractivity contribution in [3.05, 3.63) is 18.0 Å². The van der Waals surface area contributed by atoms with Crippen molar-refractivity contribution in [3.63, 3.8) is 0 Å². The molecule has 134 valence electrons. The van der Waals surface area contributed by atoms with Crippen molar-refractivity contribution in [2.45, 2.75) is 51.1 Å².